The average molecular weight is 276 g/mol. The summed E-state index contributed by atoms with van der Waals surface area (Å²) >= 11 is 0. The van der Waals surface area contributed by atoms with Crippen molar-refractivity contribution >= 4 is 0 Å². The molecular weight excluding hydrogens is 252 g/mol. The lowest BCUT2D eigenvalue weighted by molar-refractivity contribution is -0.136. The van der Waals surface area contributed by atoms with E-state index in [0.29, 0.717) is 32.1 Å². The van der Waals surface area contributed by atoms with Crippen molar-refractivity contribution < 1.29 is 30.6 Å². The summed E-state index contributed by atoms with van der Waals surface area (Å²) in [5, 5.41) is 58.1. The first-order valence-electron chi connectivity index (χ1n) is 7.00. The van der Waals surface area contributed by atoms with E-state index in [9.17, 15) is 30.6 Å². The van der Waals surface area contributed by atoms with Crippen LogP contribution in [0.15, 0.2) is 0 Å². The molecule has 0 amide bonds. The summed E-state index contributed by atoms with van der Waals surface area (Å²) in [6.45, 7) is 0. The molecule has 0 spiro atoms. The van der Waals surface area contributed by atoms with Gasteiger partial charge in [0.15, 0.2) is 0 Å². The zero-order chi connectivity index (χ0) is 14.2. The first kappa shape index (κ1) is 15.2. The third-order valence-corrected chi connectivity index (χ3v) is 4.73. The smallest absolute Gasteiger partial charge is 0.106 e. The van der Waals surface area contributed by atoms with Crippen LogP contribution in [0.5, 0.6) is 0 Å². The second-order valence-electron chi connectivity index (χ2n) is 6.01. The Morgan fingerprint density at radius 1 is 0.526 bits per heavy atom. The summed E-state index contributed by atoms with van der Waals surface area (Å²) in [4.78, 5) is 0. The predicted octanol–water partition coefficient (Wildman–Crippen LogP) is -1.64. The lowest BCUT2D eigenvalue weighted by atomic mass is 9.72. The number of rotatable bonds is 2. The third-order valence-electron chi connectivity index (χ3n) is 4.73. The Morgan fingerprint density at radius 3 is 1.26 bits per heavy atom. The van der Waals surface area contributed by atoms with Gasteiger partial charge in [-0.1, -0.05) is 0 Å². The summed E-state index contributed by atoms with van der Waals surface area (Å²) in [7, 11) is 0. The van der Waals surface area contributed by atoms with Crippen molar-refractivity contribution in [1.82, 2.24) is 0 Å². The number of hydrogen-bond donors (Lipinski definition) is 6. The Hall–Kier alpha value is -0.240. The molecule has 6 heteroatoms. The lowest BCUT2D eigenvalue weighted by Gasteiger charge is -2.40. The van der Waals surface area contributed by atoms with Crippen molar-refractivity contribution in [3.8, 4) is 0 Å². The Labute approximate surface area is 112 Å². The van der Waals surface area contributed by atoms with Gasteiger partial charge in [0.2, 0.25) is 0 Å². The quantitative estimate of drug-likeness (QED) is 0.360. The van der Waals surface area contributed by atoms with Crippen molar-refractivity contribution in [3.63, 3.8) is 0 Å². The molecule has 8 atom stereocenters. The number of aliphatic hydroxyl groups is 6. The molecule has 0 aromatic heterocycles. The van der Waals surface area contributed by atoms with E-state index in [-0.39, 0.29) is 11.8 Å². The van der Waals surface area contributed by atoms with Crippen molar-refractivity contribution in [2.24, 2.45) is 11.8 Å². The molecule has 0 heterocycles. The highest BCUT2D eigenvalue weighted by Crippen LogP contribution is 2.36. The van der Waals surface area contributed by atoms with Crippen LogP contribution >= 0.6 is 0 Å². The zero-order valence-electron chi connectivity index (χ0n) is 10.8. The summed E-state index contributed by atoms with van der Waals surface area (Å²) in [6.07, 6.45) is -3.57. The van der Waals surface area contributed by atoms with Crippen LogP contribution in [0, 0.1) is 11.8 Å². The minimum Gasteiger partial charge on any atom is -0.390 e. The first-order chi connectivity index (χ1) is 8.91. The molecule has 2 aliphatic rings. The predicted molar refractivity (Wildman–Crippen MR) is 66.1 cm³/mol. The molecule has 0 aromatic carbocycles. The van der Waals surface area contributed by atoms with Gasteiger partial charge < -0.3 is 30.6 Å². The van der Waals surface area contributed by atoms with Crippen LogP contribution in [0.25, 0.3) is 0 Å². The highest BCUT2D eigenvalue weighted by atomic mass is 16.4. The zero-order valence-corrected chi connectivity index (χ0v) is 10.8. The Bertz CT molecular complexity index is 271. The van der Waals surface area contributed by atoms with Crippen LogP contribution in [-0.2, 0) is 0 Å². The fraction of sp³-hybridized carbons (Fsp3) is 1.00. The Kier molecular flexibility index (Phi) is 4.81. The van der Waals surface area contributed by atoms with Crippen LogP contribution in [0.2, 0.25) is 0 Å². The average Bonchev–Trinajstić information content (AvgIpc) is 2.39. The van der Waals surface area contributed by atoms with Gasteiger partial charge in [-0.25, -0.2) is 0 Å². The van der Waals surface area contributed by atoms with E-state index in [4.69, 9.17) is 0 Å². The molecule has 2 aliphatic carbocycles. The van der Waals surface area contributed by atoms with Crippen molar-refractivity contribution in [2.75, 3.05) is 0 Å². The molecule has 0 aromatic rings. The van der Waals surface area contributed by atoms with Gasteiger partial charge >= 0.3 is 0 Å². The lowest BCUT2D eigenvalue weighted by Crippen LogP contribution is -2.50. The second-order valence-corrected chi connectivity index (χ2v) is 6.01. The van der Waals surface area contributed by atoms with E-state index >= 15 is 0 Å². The monoisotopic (exact) mass is 276 g/mol. The molecule has 112 valence electrons. The maximum atomic E-state index is 9.94. The first-order valence-corrected chi connectivity index (χ1v) is 7.00. The fourth-order valence-corrected chi connectivity index (χ4v) is 3.37. The SMILES string of the molecule is OC1CCC(CC2CCC(O)C(O)C2O)C(O)C1O. The highest BCUT2D eigenvalue weighted by molar-refractivity contribution is 4.93. The molecule has 0 aliphatic heterocycles. The second kappa shape index (κ2) is 6.03. The molecule has 2 rings (SSSR count). The summed E-state index contributed by atoms with van der Waals surface area (Å²) < 4.78 is 0. The molecule has 0 saturated heterocycles. The van der Waals surface area contributed by atoms with Crippen LogP contribution in [0.3, 0.4) is 0 Å². The van der Waals surface area contributed by atoms with Crippen LogP contribution in [0.1, 0.15) is 32.1 Å². The van der Waals surface area contributed by atoms with E-state index in [1.54, 1.807) is 0 Å². The van der Waals surface area contributed by atoms with E-state index in [2.05, 4.69) is 0 Å². The number of hydrogen-bond acceptors (Lipinski definition) is 6. The molecule has 2 fully saturated rings. The van der Waals surface area contributed by atoms with E-state index in [0.717, 1.165) is 0 Å². The van der Waals surface area contributed by atoms with E-state index < -0.39 is 36.6 Å². The van der Waals surface area contributed by atoms with Gasteiger partial charge in [-0.2, -0.15) is 0 Å². The van der Waals surface area contributed by atoms with Gasteiger partial charge in [-0.05, 0) is 43.9 Å². The summed E-state index contributed by atoms with van der Waals surface area (Å²) in [5.74, 6) is -0.388. The largest absolute Gasteiger partial charge is 0.390 e. The summed E-state index contributed by atoms with van der Waals surface area (Å²) in [5.41, 5.74) is 0. The minimum atomic E-state index is -1.14. The molecule has 6 N–H and O–H groups in total. The van der Waals surface area contributed by atoms with E-state index in [1.807, 2.05) is 0 Å². The minimum absolute atomic E-state index is 0.194. The Balaban J connectivity index is 1.94. The fourth-order valence-electron chi connectivity index (χ4n) is 3.37. The maximum Gasteiger partial charge on any atom is 0.106 e. The standard InChI is InChI=1S/C13H24O6/c14-8-3-1-6(10(16)12(8)18)5-7-2-4-9(15)13(19)11(7)17/h6-19H,1-5H2. The molecule has 19 heavy (non-hydrogen) atoms. The molecule has 8 unspecified atom stereocenters. The number of aliphatic hydroxyl groups excluding tert-OH is 6. The normalized spacial score (nSPS) is 52.1. The van der Waals surface area contributed by atoms with Gasteiger partial charge in [0.25, 0.3) is 0 Å². The van der Waals surface area contributed by atoms with Gasteiger partial charge in [0.1, 0.15) is 12.2 Å². The van der Waals surface area contributed by atoms with Crippen molar-refractivity contribution in [3.05, 3.63) is 0 Å². The van der Waals surface area contributed by atoms with Crippen molar-refractivity contribution in [1.29, 1.82) is 0 Å². The van der Waals surface area contributed by atoms with Gasteiger partial charge in [0.05, 0.1) is 24.4 Å². The van der Waals surface area contributed by atoms with E-state index in [1.165, 1.54) is 0 Å². The molecular formula is C13H24O6. The van der Waals surface area contributed by atoms with Gasteiger partial charge in [0, 0.05) is 0 Å². The van der Waals surface area contributed by atoms with Crippen LogP contribution in [0.4, 0.5) is 0 Å². The summed E-state index contributed by atoms with van der Waals surface area (Å²) in [6, 6.07) is 0. The molecule has 0 radical (unpaired) electrons. The van der Waals surface area contributed by atoms with Crippen LogP contribution < -0.4 is 0 Å². The molecule has 6 nitrogen and oxygen atoms in total. The third kappa shape index (κ3) is 3.09. The molecule has 2 saturated carbocycles. The van der Waals surface area contributed by atoms with Crippen molar-refractivity contribution in [2.45, 2.75) is 68.7 Å². The van der Waals surface area contributed by atoms with Gasteiger partial charge in [-0.15, -0.1) is 0 Å². The topological polar surface area (TPSA) is 121 Å². The molecule has 0 bridgehead atoms. The van der Waals surface area contributed by atoms with Crippen LogP contribution in [-0.4, -0.2) is 67.3 Å². The highest BCUT2D eigenvalue weighted by Gasteiger charge is 2.41. The van der Waals surface area contributed by atoms with Gasteiger partial charge in [-0.3, -0.25) is 0 Å². The Morgan fingerprint density at radius 2 is 0.895 bits per heavy atom. The maximum absolute atomic E-state index is 9.94.